The fourth-order valence-corrected chi connectivity index (χ4v) is 1.27. The normalized spacial score (nSPS) is 11.5. The predicted molar refractivity (Wildman–Crippen MR) is 53.4 cm³/mol. The van der Waals surface area contributed by atoms with Crippen molar-refractivity contribution in [3.8, 4) is 11.3 Å². The molecule has 9 heteroatoms. The zero-order chi connectivity index (χ0) is 13.3. The summed E-state index contributed by atoms with van der Waals surface area (Å²) in [4.78, 5) is 9.81. The molecule has 1 heterocycles. The molecule has 0 N–H and O–H groups in total. The van der Waals surface area contributed by atoms with Crippen molar-refractivity contribution >= 4 is 5.69 Å². The highest BCUT2D eigenvalue weighted by atomic mass is 19.4. The molecule has 18 heavy (non-hydrogen) atoms. The van der Waals surface area contributed by atoms with Crippen LogP contribution in [0, 0.1) is 10.1 Å². The quantitative estimate of drug-likeness (QED) is 0.612. The number of nitro benzene ring substituents is 1. The maximum absolute atomic E-state index is 12.3. The van der Waals surface area contributed by atoms with Crippen LogP contribution in [-0.2, 0) is 6.30 Å². The largest absolute Gasteiger partial charge is 0.505 e. The van der Waals surface area contributed by atoms with Gasteiger partial charge in [0.05, 0.1) is 11.1 Å². The topological polar surface area (TPSA) is 73.8 Å². The first-order valence-electron chi connectivity index (χ1n) is 4.62. The Morgan fingerprint density at radius 2 is 1.83 bits per heavy atom. The van der Waals surface area contributed by atoms with E-state index >= 15 is 0 Å². The molecule has 0 saturated carbocycles. The average Bonchev–Trinajstić information content (AvgIpc) is 2.78. The minimum atomic E-state index is -4.63. The summed E-state index contributed by atoms with van der Waals surface area (Å²) in [7, 11) is 0. The zero-order valence-electron chi connectivity index (χ0n) is 8.63. The van der Waals surface area contributed by atoms with Gasteiger partial charge in [-0.2, -0.15) is 4.68 Å². The van der Waals surface area contributed by atoms with E-state index in [1.54, 1.807) is 0 Å². The van der Waals surface area contributed by atoms with Gasteiger partial charge in [0, 0.05) is 17.7 Å². The standard InChI is InChI=1S/C9H5F3N4O2/c10-9(11,12)15-5-8(13-14-15)6-1-3-7(4-2-6)16(17)18/h1-5H. The molecule has 2 aromatic rings. The number of halogens is 3. The smallest absolute Gasteiger partial charge is 0.258 e. The summed E-state index contributed by atoms with van der Waals surface area (Å²) in [6.45, 7) is 0. The molecule has 0 radical (unpaired) electrons. The molecule has 0 saturated heterocycles. The minimum absolute atomic E-state index is 0.0118. The van der Waals surface area contributed by atoms with Crippen molar-refractivity contribution in [1.82, 2.24) is 15.0 Å². The number of rotatable bonds is 2. The lowest BCUT2D eigenvalue weighted by Gasteiger charge is -2.02. The van der Waals surface area contributed by atoms with Gasteiger partial charge < -0.3 is 0 Å². The molecule has 0 amide bonds. The van der Waals surface area contributed by atoms with Gasteiger partial charge in [0.2, 0.25) is 0 Å². The Balaban J connectivity index is 2.32. The third kappa shape index (κ3) is 2.29. The summed E-state index contributed by atoms with van der Waals surface area (Å²) in [6.07, 6.45) is -3.92. The Morgan fingerprint density at radius 1 is 1.22 bits per heavy atom. The van der Waals surface area contributed by atoms with Crippen LogP contribution < -0.4 is 0 Å². The maximum atomic E-state index is 12.3. The van der Waals surface area contributed by atoms with E-state index in [4.69, 9.17) is 0 Å². The molecule has 0 aliphatic carbocycles. The lowest BCUT2D eigenvalue weighted by atomic mass is 10.1. The molecule has 94 valence electrons. The van der Waals surface area contributed by atoms with Crippen molar-refractivity contribution in [2.75, 3.05) is 0 Å². The lowest BCUT2D eigenvalue weighted by molar-refractivity contribution is -0.384. The Morgan fingerprint density at radius 3 is 2.28 bits per heavy atom. The molecule has 1 aromatic heterocycles. The third-order valence-electron chi connectivity index (χ3n) is 2.13. The van der Waals surface area contributed by atoms with Crippen LogP contribution in [0.2, 0.25) is 0 Å². The summed E-state index contributed by atoms with van der Waals surface area (Å²) in [5, 5.41) is 16.7. The van der Waals surface area contributed by atoms with E-state index in [1.807, 2.05) is 0 Å². The highest BCUT2D eigenvalue weighted by Gasteiger charge is 2.32. The highest BCUT2D eigenvalue weighted by Crippen LogP contribution is 2.25. The molecule has 2 rings (SSSR count). The Hall–Kier alpha value is -2.45. The van der Waals surface area contributed by atoms with E-state index in [-0.39, 0.29) is 16.1 Å². The number of nitro groups is 1. The Kier molecular flexibility index (Phi) is 2.73. The van der Waals surface area contributed by atoms with Gasteiger partial charge in [-0.25, -0.2) is 0 Å². The Bertz CT molecular complexity index is 576. The van der Waals surface area contributed by atoms with Crippen LogP contribution in [-0.4, -0.2) is 19.9 Å². The molecule has 0 spiro atoms. The molecule has 1 aromatic carbocycles. The second-order valence-electron chi connectivity index (χ2n) is 3.32. The van der Waals surface area contributed by atoms with E-state index in [0.717, 1.165) is 0 Å². The summed E-state index contributed by atoms with van der Waals surface area (Å²) in [6, 6.07) is 4.98. The van der Waals surface area contributed by atoms with Crippen molar-refractivity contribution in [1.29, 1.82) is 0 Å². The molecule has 0 bridgehead atoms. The SMILES string of the molecule is O=[N+]([O-])c1ccc(-c2cn(C(F)(F)F)nn2)cc1. The van der Waals surface area contributed by atoms with Gasteiger partial charge in [-0.3, -0.25) is 10.1 Å². The van der Waals surface area contributed by atoms with Crippen LogP contribution in [0.4, 0.5) is 18.9 Å². The summed E-state index contributed by atoms with van der Waals surface area (Å²) in [5.74, 6) is 0. The lowest BCUT2D eigenvalue weighted by Crippen LogP contribution is -2.17. The number of benzene rings is 1. The number of aromatic nitrogens is 3. The first-order valence-corrected chi connectivity index (χ1v) is 4.62. The second kappa shape index (κ2) is 4.09. The van der Waals surface area contributed by atoms with Crippen LogP contribution in [0.5, 0.6) is 0 Å². The molecule has 6 nitrogen and oxygen atoms in total. The van der Waals surface area contributed by atoms with Gasteiger partial charge in [-0.15, -0.1) is 18.3 Å². The highest BCUT2D eigenvalue weighted by molar-refractivity contribution is 5.59. The molecule has 0 aliphatic rings. The van der Waals surface area contributed by atoms with Crippen molar-refractivity contribution in [2.45, 2.75) is 6.30 Å². The molecular weight excluding hydrogens is 253 g/mol. The summed E-state index contributed by atoms with van der Waals surface area (Å²) >= 11 is 0. The van der Waals surface area contributed by atoms with E-state index in [9.17, 15) is 23.3 Å². The number of non-ortho nitro benzene ring substituents is 1. The van der Waals surface area contributed by atoms with Crippen LogP contribution in [0.15, 0.2) is 30.5 Å². The Labute approximate surface area is 97.8 Å². The van der Waals surface area contributed by atoms with Gasteiger partial charge in [0.1, 0.15) is 5.69 Å². The number of hydrogen-bond donors (Lipinski definition) is 0. The minimum Gasteiger partial charge on any atom is -0.258 e. The summed E-state index contributed by atoms with van der Waals surface area (Å²) in [5.41, 5.74) is 0.153. The van der Waals surface area contributed by atoms with Crippen molar-refractivity contribution in [2.24, 2.45) is 0 Å². The van der Waals surface area contributed by atoms with Crippen molar-refractivity contribution in [3.05, 3.63) is 40.6 Å². The summed E-state index contributed by atoms with van der Waals surface area (Å²) < 4.78 is 36.5. The monoisotopic (exact) mass is 258 g/mol. The molecule has 0 aliphatic heterocycles. The second-order valence-corrected chi connectivity index (χ2v) is 3.32. The van der Waals surface area contributed by atoms with E-state index < -0.39 is 11.2 Å². The van der Waals surface area contributed by atoms with Crippen LogP contribution >= 0.6 is 0 Å². The van der Waals surface area contributed by atoms with Gasteiger partial charge in [-0.1, -0.05) is 5.21 Å². The van der Waals surface area contributed by atoms with Gasteiger partial charge >= 0.3 is 6.30 Å². The number of nitrogens with zero attached hydrogens (tertiary/aromatic N) is 4. The predicted octanol–water partition coefficient (Wildman–Crippen LogP) is 2.33. The fourth-order valence-electron chi connectivity index (χ4n) is 1.27. The van der Waals surface area contributed by atoms with E-state index in [0.29, 0.717) is 11.8 Å². The van der Waals surface area contributed by atoms with Gasteiger partial charge in [0.25, 0.3) is 5.69 Å². The molecular formula is C9H5F3N4O2. The van der Waals surface area contributed by atoms with Gasteiger partial charge in [0.15, 0.2) is 0 Å². The average molecular weight is 258 g/mol. The van der Waals surface area contributed by atoms with Gasteiger partial charge in [-0.05, 0) is 12.1 Å². The molecule has 0 atom stereocenters. The third-order valence-corrected chi connectivity index (χ3v) is 2.13. The van der Waals surface area contributed by atoms with Crippen molar-refractivity contribution < 1.29 is 18.1 Å². The van der Waals surface area contributed by atoms with E-state index in [1.165, 1.54) is 24.3 Å². The number of hydrogen-bond acceptors (Lipinski definition) is 4. The van der Waals surface area contributed by atoms with Crippen LogP contribution in [0.25, 0.3) is 11.3 Å². The molecule has 0 fully saturated rings. The number of alkyl halides is 3. The first-order chi connectivity index (χ1) is 8.38. The van der Waals surface area contributed by atoms with Crippen LogP contribution in [0.3, 0.4) is 0 Å². The van der Waals surface area contributed by atoms with Crippen LogP contribution in [0.1, 0.15) is 0 Å². The van der Waals surface area contributed by atoms with E-state index in [2.05, 4.69) is 10.3 Å². The molecule has 0 unspecified atom stereocenters. The maximum Gasteiger partial charge on any atom is 0.505 e. The zero-order valence-corrected chi connectivity index (χ0v) is 8.63. The van der Waals surface area contributed by atoms with Crippen molar-refractivity contribution in [3.63, 3.8) is 0 Å². The fraction of sp³-hybridized carbons (Fsp3) is 0.111. The first kappa shape index (κ1) is 12.0.